The number of amides is 1. The van der Waals surface area contributed by atoms with Crippen LogP contribution in [0.5, 0.6) is 11.6 Å². The van der Waals surface area contributed by atoms with Crippen LogP contribution in [0.3, 0.4) is 0 Å². The maximum atomic E-state index is 12.4. The molecule has 2 aliphatic rings. The molecule has 0 saturated heterocycles. The third kappa shape index (κ3) is 3.59. The highest BCUT2D eigenvalue weighted by Gasteiger charge is 2.42. The highest BCUT2D eigenvalue weighted by molar-refractivity contribution is 5.99. The van der Waals surface area contributed by atoms with E-state index in [4.69, 9.17) is 9.47 Å². The molecule has 2 saturated carbocycles. The Bertz CT molecular complexity index is 1090. The van der Waals surface area contributed by atoms with Crippen molar-refractivity contribution in [1.29, 1.82) is 0 Å². The minimum Gasteiger partial charge on any atom is -0.490 e. The smallest absolute Gasteiger partial charge is 0.228 e. The first-order chi connectivity index (χ1) is 14.7. The number of aromatic nitrogens is 3. The molecule has 3 aromatic heterocycles. The lowest BCUT2D eigenvalue weighted by Crippen LogP contribution is -2.18. The largest absolute Gasteiger partial charge is 0.490 e. The molecule has 2 fully saturated rings. The lowest BCUT2D eigenvalue weighted by atomic mass is 10.1. The third-order valence-electron chi connectivity index (χ3n) is 5.67. The summed E-state index contributed by atoms with van der Waals surface area (Å²) in [6.07, 6.45) is 6.89. The molecule has 3 heterocycles. The summed E-state index contributed by atoms with van der Waals surface area (Å²) in [5.74, 6) is 2.32. The van der Waals surface area contributed by atoms with Crippen LogP contribution in [0.1, 0.15) is 19.3 Å². The van der Waals surface area contributed by atoms with Gasteiger partial charge in [-0.3, -0.25) is 4.79 Å². The number of nitrogens with zero attached hydrogens (tertiary/aromatic N) is 2. The minimum absolute atomic E-state index is 0.0305. The molecule has 0 bridgehead atoms. The topological polar surface area (TPSA) is 101 Å². The molecule has 3 N–H and O–H groups in total. The molecule has 0 radical (unpaired) electrons. The third-order valence-corrected chi connectivity index (χ3v) is 5.67. The van der Waals surface area contributed by atoms with Crippen molar-refractivity contribution in [2.24, 2.45) is 11.8 Å². The zero-order valence-electron chi connectivity index (χ0n) is 17.1. The van der Waals surface area contributed by atoms with E-state index in [-0.39, 0.29) is 17.9 Å². The summed E-state index contributed by atoms with van der Waals surface area (Å²) >= 11 is 0. The summed E-state index contributed by atoms with van der Waals surface area (Å²) in [6.45, 7) is 0.864. The first-order valence-electron chi connectivity index (χ1n) is 10.3. The normalized spacial score (nSPS) is 20.2. The lowest BCUT2D eigenvalue weighted by Gasteiger charge is -2.13. The Balaban J connectivity index is 1.43. The molecule has 30 heavy (non-hydrogen) atoms. The summed E-state index contributed by atoms with van der Waals surface area (Å²) in [7, 11) is 3.51. The van der Waals surface area contributed by atoms with Crippen LogP contribution in [-0.2, 0) is 4.79 Å². The Morgan fingerprint density at radius 1 is 1.30 bits per heavy atom. The number of ether oxygens (including phenoxy) is 2. The van der Waals surface area contributed by atoms with Crippen molar-refractivity contribution in [2.75, 3.05) is 26.0 Å². The van der Waals surface area contributed by atoms with Crippen molar-refractivity contribution in [3.05, 3.63) is 30.6 Å². The number of H-pyrrole nitrogens is 1. The number of aromatic amines is 1. The molecule has 2 atom stereocenters. The molecule has 8 heteroatoms. The summed E-state index contributed by atoms with van der Waals surface area (Å²) in [5, 5.41) is 6.98. The van der Waals surface area contributed by atoms with Crippen LogP contribution < -0.4 is 20.1 Å². The number of fused-ring (bicyclic) bond motifs is 1. The standard InChI is InChI=1S/C22H25N5O3/c1-23-10-12-9-15(12)21(28)27-18-6-5-14-16(11-25-20(14)26-18)19-17(30-13-3-4-13)7-8-24-22(19)29-2/h5-8,11-13,15,23H,3-4,9-10H2,1-2H3,(H2,25,26,27,28). The molecule has 0 aromatic carbocycles. The van der Waals surface area contributed by atoms with Gasteiger partial charge < -0.3 is 25.1 Å². The van der Waals surface area contributed by atoms with E-state index >= 15 is 0 Å². The number of hydrogen-bond acceptors (Lipinski definition) is 6. The highest BCUT2D eigenvalue weighted by atomic mass is 16.5. The summed E-state index contributed by atoms with van der Waals surface area (Å²) < 4.78 is 11.6. The molecule has 8 nitrogen and oxygen atoms in total. The number of methoxy groups -OCH3 is 1. The fraction of sp³-hybridized carbons (Fsp3) is 0.409. The van der Waals surface area contributed by atoms with Gasteiger partial charge in [0.1, 0.15) is 17.2 Å². The van der Waals surface area contributed by atoms with E-state index in [9.17, 15) is 4.79 Å². The Hall–Kier alpha value is -3.13. The Kier molecular flexibility index (Phi) is 4.78. The number of rotatable bonds is 8. The molecule has 0 spiro atoms. The second-order valence-corrected chi connectivity index (χ2v) is 7.95. The average Bonchev–Trinajstić information content (AvgIpc) is 3.67. The quantitative estimate of drug-likeness (QED) is 0.531. The van der Waals surface area contributed by atoms with Crippen molar-refractivity contribution in [3.63, 3.8) is 0 Å². The van der Waals surface area contributed by atoms with Gasteiger partial charge in [0, 0.05) is 29.3 Å². The minimum atomic E-state index is 0.0305. The van der Waals surface area contributed by atoms with E-state index in [1.54, 1.807) is 13.3 Å². The van der Waals surface area contributed by atoms with Gasteiger partial charge in [0.05, 0.1) is 18.8 Å². The van der Waals surface area contributed by atoms with E-state index < -0.39 is 0 Å². The van der Waals surface area contributed by atoms with Crippen LogP contribution >= 0.6 is 0 Å². The highest BCUT2D eigenvalue weighted by Crippen LogP contribution is 2.42. The predicted octanol–water partition coefficient (Wildman–Crippen LogP) is 2.97. The van der Waals surface area contributed by atoms with Crippen LogP contribution in [0.25, 0.3) is 22.2 Å². The van der Waals surface area contributed by atoms with Gasteiger partial charge in [0.15, 0.2) is 0 Å². The molecule has 5 rings (SSSR count). The van der Waals surface area contributed by atoms with Gasteiger partial charge in [-0.1, -0.05) is 0 Å². The first-order valence-corrected chi connectivity index (χ1v) is 10.3. The zero-order valence-corrected chi connectivity index (χ0v) is 17.1. The number of carbonyl (C=O) groups excluding carboxylic acids is 1. The maximum absolute atomic E-state index is 12.4. The SMILES string of the molecule is CNCC1CC1C(=O)Nc1ccc2c(-c3c(OC4CC4)ccnc3OC)c[nH]c2n1. The molecular weight excluding hydrogens is 382 g/mol. The monoisotopic (exact) mass is 407 g/mol. The fourth-order valence-electron chi connectivity index (χ4n) is 3.85. The number of hydrogen-bond donors (Lipinski definition) is 3. The van der Waals surface area contributed by atoms with Gasteiger partial charge >= 0.3 is 0 Å². The van der Waals surface area contributed by atoms with E-state index in [2.05, 4.69) is 25.6 Å². The Morgan fingerprint density at radius 2 is 2.17 bits per heavy atom. The molecule has 2 aliphatic carbocycles. The molecule has 1 amide bonds. The lowest BCUT2D eigenvalue weighted by molar-refractivity contribution is -0.117. The van der Waals surface area contributed by atoms with Gasteiger partial charge in [0.2, 0.25) is 11.8 Å². The summed E-state index contributed by atoms with van der Waals surface area (Å²) in [6, 6.07) is 5.65. The molecule has 0 aliphatic heterocycles. The summed E-state index contributed by atoms with van der Waals surface area (Å²) in [5.41, 5.74) is 2.41. The zero-order chi connectivity index (χ0) is 20.7. The fourth-order valence-corrected chi connectivity index (χ4v) is 3.85. The number of carbonyl (C=O) groups is 1. The van der Waals surface area contributed by atoms with Crippen LogP contribution in [0.15, 0.2) is 30.6 Å². The van der Waals surface area contributed by atoms with Crippen molar-refractivity contribution in [2.45, 2.75) is 25.4 Å². The van der Waals surface area contributed by atoms with Crippen LogP contribution in [0.2, 0.25) is 0 Å². The van der Waals surface area contributed by atoms with Crippen molar-refractivity contribution >= 4 is 22.8 Å². The van der Waals surface area contributed by atoms with Gasteiger partial charge in [-0.25, -0.2) is 9.97 Å². The molecular formula is C22H25N5O3. The van der Waals surface area contributed by atoms with Crippen molar-refractivity contribution < 1.29 is 14.3 Å². The maximum Gasteiger partial charge on any atom is 0.228 e. The van der Waals surface area contributed by atoms with Gasteiger partial charge in [-0.15, -0.1) is 0 Å². The van der Waals surface area contributed by atoms with Crippen LogP contribution in [-0.4, -0.2) is 47.7 Å². The number of nitrogens with one attached hydrogen (secondary N) is 3. The average molecular weight is 407 g/mol. The van der Waals surface area contributed by atoms with Gasteiger partial charge in [0.25, 0.3) is 0 Å². The predicted molar refractivity (Wildman–Crippen MR) is 114 cm³/mol. The molecule has 2 unspecified atom stereocenters. The van der Waals surface area contributed by atoms with Gasteiger partial charge in [-0.2, -0.15) is 0 Å². The van der Waals surface area contributed by atoms with Gasteiger partial charge in [-0.05, 0) is 57.0 Å². The molecule has 156 valence electrons. The van der Waals surface area contributed by atoms with E-state index in [0.29, 0.717) is 23.3 Å². The second kappa shape index (κ2) is 7.60. The van der Waals surface area contributed by atoms with Crippen molar-refractivity contribution in [1.82, 2.24) is 20.3 Å². The number of pyridine rings is 2. The van der Waals surface area contributed by atoms with E-state index in [1.165, 1.54) is 0 Å². The van der Waals surface area contributed by atoms with E-state index in [0.717, 1.165) is 48.1 Å². The van der Waals surface area contributed by atoms with E-state index in [1.807, 2.05) is 31.4 Å². The second-order valence-electron chi connectivity index (χ2n) is 7.95. The Morgan fingerprint density at radius 3 is 2.93 bits per heavy atom. The summed E-state index contributed by atoms with van der Waals surface area (Å²) in [4.78, 5) is 24.6. The first kappa shape index (κ1) is 18.9. The van der Waals surface area contributed by atoms with Crippen LogP contribution in [0, 0.1) is 11.8 Å². The van der Waals surface area contributed by atoms with Crippen LogP contribution in [0.4, 0.5) is 5.82 Å². The number of anilines is 1. The van der Waals surface area contributed by atoms with Crippen molar-refractivity contribution in [3.8, 4) is 22.8 Å². The Labute approximate surface area is 174 Å². The molecule has 3 aromatic rings.